The first kappa shape index (κ1) is 24.1. The van der Waals surface area contributed by atoms with Gasteiger partial charge in [-0.25, -0.2) is 0 Å². The van der Waals surface area contributed by atoms with Gasteiger partial charge >= 0.3 is 0 Å². The van der Waals surface area contributed by atoms with Crippen LogP contribution in [0.2, 0.25) is 0 Å². The number of rotatable bonds is 7. The Hall–Kier alpha value is -3.62. The molecule has 190 valence electrons. The van der Waals surface area contributed by atoms with Gasteiger partial charge in [-0.2, -0.15) is 15.1 Å². The predicted octanol–water partition coefficient (Wildman–Crippen LogP) is 5.81. The first-order valence-electron chi connectivity index (χ1n) is 13.2. The van der Waals surface area contributed by atoms with E-state index in [1.807, 2.05) is 44.2 Å². The van der Waals surface area contributed by atoms with Crippen LogP contribution < -0.4 is 20.9 Å². The minimum absolute atomic E-state index is 0.132. The number of carbonyl (C=O) groups is 1. The fourth-order valence-electron chi connectivity index (χ4n) is 4.94. The van der Waals surface area contributed by atoms with Crippen molar-refractivity contribution in [3.8, 4) is 0 Å². The molecule has 36 heavy (non-hydrogen) atoms. The van der Waals surface area contributed by atoms with Gasteiger partial charge in [-0.3, -0.25) is 9.89 Å². The maximum absolute atomic E-state index is 12.6. The van der Waals surface area contributed by atoms with Crippen molar-refractivity contribution in [3.63, 3.8) is 0 Å². The topological polar surface area (TPSA) is 111 Å². The third-order valence-electron chi connectivity index (χ3n) is 7.28. The molecule has 9 heteroatoms. The molecule has 0 unspecified atom stereocenters. The van der Waals surface area contributed by atoms with Gasteiger partial charge in [0.05, 0.1) is 0 Å². The van der Waals surface area contributed by atoms with Crippen LogP contribution in [-0.2, 0) is 4.79 Å². The normalized spacial score (nSPS) is 16.6. The van der Waals surface area contributed by atoms with Crippen molar-refractivity contribution in [3.05, 3.63) is 41.6 Å². The highest BCUT2D eigenvalue weighted by Crippen LogP contribution is 2.28. The van der Waals surface area contributed by atoms with E-state index < -0.39 is 0 Å². The van der Waals surface area contributed by atoms with Gasteiger partial charge in [0, 0.05) is 47.7 Å². The smallest absolute Gasteiger partial charge is 0.231 e. The Bertz CT molecular complexity index is 1180. The van der Waals surface area contributed by atoms with Crippen molar-refractivity contribution < 1.29 is 4.79 Å². The van der Waals surface area contributed by atoms with Crippen molar-refractivity contribution in [2.45, 2.75) is 65.2 Å². The molecule has 0 radical (unpaired) electrons. The van der Waals surface area contributed by atoms with E-state index in [0.29, 0.717) is 11.8 Å². The molecule has 1 aliphatic heterocycles. The summed E-state index contributed by atoms with van der Waals surface area (Å²) in [6, 6.07) is 9.73. The van der Waals surface area contributed by atoms with E-state index in [-0.39, 0.29) is 11.8 Å². The number of carbonyl (C=O) groups excluding carboxylic acids is 1. The van der Waals surface area contributed by atoms with Gasteiger partial charge in [-0.05, 0) is 70.2 Å². The molecule has 3 heterocycles. The molecule has 0 atom stereocenters. The van der Waals surface area contributed by atoms with Crippen LogP contribution in [0.1, 0.15) is 62.6 Å². The lowest BCUT2D eigenvalue weighted by Crippen LogP contribution is -2.30. The van der Waals surface area contributed by atoms with Crippen LogP contribution in [0, 0.1) is 19.8 Å². The summed E-state index contributed by atoms with van der Waals surface area (Å²) in [5.74, 6) is 3.14. The molecule has 9 nitrogen and oxygen atoms in total. The quantitative estimate of drug-likeness (QED) is 0.332. The summed E-state index contributed by atoms with van der Waals surface area (Å²) >= 11 is 0. The minimum Gasteiger partial charge on any atom is -0.356 e. The number of hydrogen-bond donors (Lipinski definition) is 4. The number of benzene rings is 1. The van der Waals surface area contributed by atoms with E-state index in [1.54, 1.807) is 0 Å². The van der Waals surface area contributed by atoms with Crippen LogP contribution >= 0.6 is 0 Å². The Kier molecular flexibility index (Phi) is 7.34. The van der Waals surface area contributed by atoms with Crippen molar-refractivity contribution in [2.24, 2.45) is 5.92 Å². The van der Waals surface area contributed by atoms with Gasteiger partial charge < -0.3 is 20.9 Å². The van der Waals surface area contributed by atoms with Crippen LogP contribution in [0.3, 0.4) is 0 Å². The van der Waals surface area contributed by atoms with Gasteiger partial charge in [-0.15, -0.1) is 0 Å². The lowest BCUT2D eigenvalue weighted by Gasteiger charge is -2.28. The molecule has 0 bridgehead atoms. The van der Waals surface area contributed by atoms with E-state index in [0.717, 1.165) is 73.0 Å². The molecule has 1 aliphatic carbocycles. The summed E-state index contributed by atoms with van der Waals surface area (Å²) in [5.41, 5.74) is 3.76. The average Bonchev–Trinajstić information content (AvgIpc) is 3.23. The summed E-state index contributed by atoms with van der Waals surface area (Å²) < 4.78 is 0. The third kappa shape index (κ3) is 5.78. The number of aromatic nitrogens is 4. The van der Waals surface area contributed by atoms with Crippen LogP contribution in [-0.4, -0.2) is 39.2 Å². The summed E-state index contributed by atoms with van der Waals surface area (Å²) in [6.07, 6.45) is 9.11. The Labute approximate surface area is 212 Å². The van der Waals surface area contributed by atoms with E-state index in [2.05, 4.69) is 31.0 Å². The van der Waals surface area contributed by atoms with Crippen molar-refractivity contribution in [2.75, 3.05) is 33.9 Å². The second-order valence-electron chi connectivity index (χ2n) is 9.96. The van der Waals surface area contributed by atoms with Gasteiger partial charge in [0.25, 0.3) is 0 Å². The lowest BCUT2D eigenvalue weighted by atomic mass is 9.88. The number of nitrogens with one attached hydrogen (secondary N) is 4. The molecule has 1 saturated heterocycles. The number of anilines is 6. The van der Waals surface area contributed by atoms with Crippen LogP contribution in [0.25, 0.3) is 0 Å². The van der Waals surface area contributed by atoms with Crippen LogP contribution in [0.5, 0.6) is 0 Å². The largest absolute Gasteiger partial charge is 0.356 e. The number of hydrogen-bond acceptors (Lipinski definition) is 7. The maximum atomic E-state index is 12.6. The molecule has 3 aromatic rings. The average molecular weight is 489 g/mol. The molecular weight excluding hydrogens is 452 g/mol. The minimum atomic E-state index is 0.132. The highest BCUT2D eigenvalue weighted by Gasteiger charge is 2.21. The van der Waals surface area contributed by atoms with E-state index in [4.69, 9.17) is 9.97 Å². The molecule has 1 saturated carbocycles. The zero-order valence-corrected chi connectivity index (χ0v) is 21.2. The Morgan fingerprint density at radius 1 is 0.917 bits per heavy atom. The summed E-state index contributed by atoms with van der Waals surface area (Å²) in [5, 5.41) is 17.2. The molecular formula is C27H36N8O. The summed E-state index contributed by atoms with van der Waals surface area (Å²) in [6.45, 7) is 6.01. The van der Waals surface area contributed by atoms with Gasteiger partial charge in [0.1, 0.15) is 11.6 Å². The highest BCUT2D eigenvalue weighted by atomic mass is 16.1. The van der Waals surface area contributed by atoms with E-state index in [1.165, 1.54) is 25.7 Å². The number of nitrogens with zero attached hydrogens (tertiary/aromatic N) is 4. The van der Waals surface area contributed by atoms with E-state index in [9.17, 15) is 4.79 Å². The molecule has 1 amide bonds. The number of H-pyrrole nitrogens is 1. The number of aromatic amines is 1. The second kappa shape index (κ2) is 11.0. The SMILES string of the molecule is Cc1[nH]nc(Nc2cc(N3CCCCC3)nc(Nc3ccc(NC(=O)C4CCCCC4)cc3)n2)c1C. The van der Waals surface area contributed by atoms with Gasteiger partial charge in [-0.1, -0.05) is 19.3 Å². The van der Waals surface area contributed by atoms with Crippen LogP contribution in [0.4, 0.5) is 34.8 Å². The Morgan fingerprint density at radius 3 is 2.31 bits per heavy atom. The number of amides is 1. The first-order chi connectivity index (χ1) is 17.5. The molecule has 1 aromatic carbocycles. The molecule has 2 fully saturated rings. The highest BCUT2D eigenvalue weighted by molar-refractivity contribution is 5.92. The predicted molar refractivity (Wildman–Crippen MR) is 144 cm³/mol. The van der Waals surface area contributed by atoms with Gasteiger partial charge in [0.15, 0.2) is 5.82 Å². The van der Waals surface area contributed by atoms with Gasteiger partial charge in [0.2, 0.25) is 11.9 Å². The first-order valence-corrected chi connectivity index (χ1v) is 13.2. The molecule has 5 rings (SSSR count). The fourth-order valence-corrected chi connectivity index (χ4v) is 4.94. The zero-order valence-electron chi connectivity index (χ0n) is 21.2. The second-order valence-corrected chi connectivity index (χ2v) is 9.96. The number of piperidine rings is 1. The Balaban J connectivity index is 1.32. The molecule has 2 aromatic heterocycles. The van der Waals surface area contributed by atoms with Crippen molar-refractivity contribution >= 4 is 40.7 Å². The lowest BCUT2D eigenvalue weighted by molar-refractivity contribution is -0.120. The van der Waals surface area contributed by atoms with E-state index >= 15 is 0 Å². The standard InChI is InChI=1S/C27H36N8O/c1-18-19(2)33-34-25(18)30-23-17-24(35-15-7-4-8-16-35)32-27(31-23)29-22-13-11-21(12-14-22)28-26(36)20-9-5-3-6-10-20/h11-14,17,20H,3-10,15-16H2,1-2H3,(H,28,36)(H3,29,30,31,32,33,34). The third-order valence-corrected chi connectivity index (χ3v) is 7.28. The molecule has 2 aliphatic rings. The van der Waals surface area contributed by atoms with Crippen molar-refractivity contribution in [1.29, 1.82) is 0 Å². The van der Waals surface area contributed by atoms with Crippen LogP contribution in [0.15, 0.2) is 30.3 Å². The summed E-state index contributed by atoms with van der Waals surface area (Å²) in [7, 11) is 0. The molecule has 4 N–H and O–H groups in total. The number of aryl methyl sites for hydroxylation is 1. The van der Waals surface area contributed by atoms with Crippen molar-refractivity contribution in [1.82, 2.24) is 20.2 Å². The fraction of sp³-hybridized carbons (Fsp3) is 0.481. The zero-order chi connectivity index (χ0) is 24.9. The maximum Gasteiger partial charge on any atom is 0.231 e. The summed E-state index contributed by atoms with van der Waals surface area (Å²) in [4.78, 5) is 24.4. The Morgan fingerprint density at radius 2 is 1.61 bits per heavy atom. The molecule has 0 spiro atoms. The monoisotopic (exact) mass is 488 g/mol.